The molecule has 1 aromatic rings. The number of aryl methyl sites for hydroxylation is 1. The third-order valence-corrected chi connectivity index (χ3v) is 4.22. The molecule has 1 aromatic carbocycles. The second-order valence-electron chi connectivity index (χ2n) is 4.84. The number of aliphatic hydroxyl groups excluding tert-OH is 1. The molecule has 1 aliphatic heterocycles. The van der Waals surface area contributed by atoms with Crippen LogP contribution in [0.25, 0.3) is 0 Å². The monoisotopic (exact) mass is 297 g/mol. The van der Waals surface area contributed by atoms with Crippen molar-refractivity contribution in [3.63, 3.8) is 0 Å². The molecule has 0 aromatic heterocycles. The van der Waals surface area contributed by atoms with Gasteiger partial charge in [0, 0.05) is 29.2 Å². The van der Waals surface area contributed by atoms with E-state index in [0.717, 1.165) is 36.2 Å². The summed E-state index contributed by atoms with van der Waals surface area (Å²) < 4.78 is 6.58. The Bertz CT molecular complexity index is 443. The van der Waals surface area contributed by atoms with Crippen LogP contribution in [0.15, 0.2) is 16.6 Å². The topological polar surface area (TPSA) is 32.7 Å². The van der Waals surface area contributed by atoms with Gasteiger partial charge in [0.25, 0.3) is 0 Å². The Balaban J connectivity index is 1.95. The molecule has 0 saturated carbocycles. The van der Waals surface area contributed by atoms with Gasteiger partial charge in [-0.25, -0.2) is 0 Å². The normalized spacial score (nSPS) is 24.5. The van der Waals surface area contributed by atoms with Crippen molar-refractivity contribution in [2.75, 3.05) is 20.2 Å². The molecule has 0 radical (unpaired) electrons. The van der Waals surface area contributed by atoms with Crippen LogP contribution < -0.4 is 4.74 Å². The molecule has 92 valence electrons. The van der Waals surface area contributed by atoms with E-state index in [1.165, 1.54) is 11.1 Å². The lowest BCUT2D eigenvalue weighted by atomic mass is 10.0. The van der Waals surface area contributed by atoms with Crippen LogP contribution in [-0.4, -0.2) is 36.3 Å². The summed E-state index contributed by atoms with van der Waals surface area (Å²) in [6.07, 6.45) is 2.09. The molecular weight excluding hydrogens is 282 g/mol. The summed E-state index contributed by atoms with van der Waals surface area (Å²) in [4.78, 5) is 2.34. The minimum atomic E-state index is -0.138. The maximum Gasteiger partial charge on any atom is 0.125 e. The lowest BCUT2D eigenvalue weighted by Gasteiger charge is -2.41. The Labute approximate surface area is 110 Å². The van der Waals surface area contributed by atoms with E-state index < -0.39 is 0 Å². The van der Waals surface area contributed by atoms with E-state index in [1.54, 1.807) is 7.11 Å². The van der Waals surface area contributed by atoms with Gasteiger partial charge in [0.2, 0.25) is 0 Å². The zero-order chi connectivity index (χ0) is 12.0. The van der Waals surface area contributed by atoms with Crippen molar-refractivity contribution in [1.29, 1.82) is 0 Å². The fraction of sp³-hybridized carbons (Fsp3) is 0.538. The molecule has 0 amide bonds. The number of rotatable bonds is 2. The molecule has 0 bridgehead atoms. The van der Waals surface area contributed by atoms with E-state index >= 15 is 0 Å². The quantitative estimate of drug-likeness (QED) is 0.908. The van der Waals surface area contributed by atoms with Crippen LogP contribution in [-0.2, 0) is 6.42 Å². The minimum absolute atomic E-state index is 0.138. The summed E-state index contributed by atoms with van der Waals surface area (Å²) in [6, 6.07) is 4.65. The molecule has 1 fully saturated rings. The second kappa shape index (κ2) is 4.26. The first-order chi connectivity index (χ1) is 8.19. The summed E-state index contributed by atoms with van der Waals surface area (Å²) in [5.74, 6) is 0.971. The SMILES string of the molecule is COc1cc(Br)cc2c1[C@@H](N1CC(O)C1)CC2. The molecule has 1 N–H and O–H groups in total. The number of benzene rings is 1. The maximum atomic E-state index is 9.42. The highest BCUT2D eigenvalue weighted by atomic mass is 79.9. The van der Waals surface area contributed by atoms with Gasteiger partial charge >= 0.3 is 0 Å². The first kappa shape index (κ1) is 11.5. The standard InChI is InChI=1S/C13H16BrNO2/c1-17-12-5-9(14)4-8-2-3-11(13(8)12)15-6-10(16)7-15/h4-5,10-11,16H,2-3,6-7H2,1H3/t11-/m0/s1. The molecule has 17 heavy (non-hydrogen) atoms. The average Bonchev–Trinajstić information content (AvgIpc) is 2.67. The molecule has 1 atom stereocenters. The summed E-state index contributed by atoms with van der Waals surface area (Å²) in [7, 11) is 1.72. The van der Waals surface area contributed by atoms with E-state index in [9.17, 15) is 5.11 Å². The van der Waals surface area contributed by atoms with Crippen molar-refractivity contribution in [2.24, 2.45) is 0 Å². The Morgan fingerprint density at radius 2 is 2.18 bits per heavy atom. The van der Waals surface area contributed by atoms with Crippen LogP contribution in [0, 0.1) is 0 Å². The Morgan fingerprint density at radius 1 is 1.41 bits per heavy atom. The number of β-amino-alcohol motifs (C(OH)–C–C–N with tert-alkyl or cyclic N) is 1. The largest absolute Gasteiger partial charge is 0.496 e. The molecule has 0 spiro atoms. The van der Waals surface area contributed by atoms with Gasteiger partial charge in [0.15, 0.2) is 0 Å². The average molecular weight is 298 g/mol. The molecule has 1 aliphatic carbocycles. The smallest absolute Gasteiger partial charge is 0.125 e. The lowest BCUT2D eigenvalue weighted by Crippen LogP contribution is -2.51. The molecule has 1 saturated heterocycles. The Hall–Kier alpha value is -0.580. The van der Waals surface area contributed by atoms with Crippen LogP contribution in [0.4, 0.5) is 0 Å². The zero-order valence-corrected chi connectivity index (χ0v) is 11.4. The predicted octanol–water partition coefficient (Wildman–Crippen LogP) is 2.12. The number of methoxy groups -OCH3 is 1. The third kappa shape index (κ3) is 1.88. The van der Waals surface area contributed by atoms with E-state index in [0.29, 0.717) is 6.04 Å². The van der Waals surface area contributed by atoms with Gasteiger partial charge in [0.05, 0.1) is 13.2 Å². The van der Waals surface area contributed by atoms with Crippen molar-refractivity contribution in [3.05, 3.63) is 27.7 Å². The third-order valence-electron chi connectivity index (χ3n) is 3.76. The van der Waals surface area contributed by atoms with Crippen LogP contribution in [0.5, 0.6) is 5.75 Å². The maximum absolute atomic E-state index is 9.42. The van der Waals surface area contributed by atoms with Gasteiger partial charge in [-0.3, -0.25) is 4.90 Å². The molecule has 0 unspecified atom stereocenters. The van der Waals surface area contributed by atoms with Crippen molar-refractivity contribution in [2.45, 2.75) is 25.0 Å². The van der Waals surface area contributed by atoms with Gasteiger partial charge in [-0.2, -0.15) is 0 Å². The lowest BCUT2D eigenvalue weighted by molar-refractivity contribution is -0.0255. The number of nitrogens with zero attached hydrogens (tertiary/aromatic N) is 1. The highest BCUT2D eigenvalue weighted by molar-refractivity contribution is 9.10. The van der Waals surface area contributed by atoms with E-state index in [1.807, 2.05) is 6.07 Å². The number of hydrogen-bond acceptors (Lipinski definition) is 3. The Kier molecular flexibility index (Phi) is 2.89. The van der Waals surface area contributed by atoms with Crippen LogP contribution >= 0.6 is 15.9 Å². The highest BCUT2D eigenvalue weighted by Crippen LogP contribution is 2.44. The number of fused-ring (bicyclic) bond motifs is 1. The molecule has 3 nitrogen and oxygen atoms in total. The Morgan fingerprint density at radius 3 is 2.82 bits per heavy atom. The van der Waals surface area contributed by atoms with Gasteiger partial charge in [-0.15, -0.1) is 0 Å². The number of halogens is 1. The number of ether oxygens (including phenoxy) is 1. The number of likely N-dealkylation sites (tertiary alicyclic amines) is 1. The van der Waals surface area contributed by atoms with Crippen LogP contribution in [0.3, 0.4) is 0 Å². The number of aliphatic hydroxyl groups is 1. The van der Waals surface area contributed by atoms with Gasteiger partial charge in [0.1, 0.15) is 5.75 Å². The summed E-state index contributed by atoms with van der Waals surface area (Å²) in [5.41, 5.74) is 2.70. The fourth-order valence-electron chi connectivity index (χ4n) is 2.95. The van der Waals surface area contributed by atoms with Crippen LogP contribution in [0.2, 0.25) is 0 Å². The molecule has 2 aliphatic rings. The zero-order valence-electron chi connectivity index (χ0n) is 9.82. The highest BCUT2D eigenvalue weighted by Gasteiger charge is 2.37. The molecule has 4 heteroatoms. The van der Waals surface area contributed by atoms with Crippen molar-refractivity contribution >= 4 is 15.9 Å². The number of hydrogen-bond donors (Lipinski definition) is 1. The van der Waals surface area contributed by atoms with Gasteiger partial charge in [-0.05, 0) is 30.5 Å². The first-order valence-corrected chi connectivity index (χ1v) is 6.76. The van der Waals surface area contributed by atoms with E-state index in [2.05, 4.69) is 26.9 Å². The van der Waals surface area contributed by atoms with Crippen molar-refractivity contribution in [3.8, 4) is 5.75 Å². The summed E-state index contributed by atoms with van der Waals surface area (Å²) in [5, 5.41) is 9.42. The van der Waals surface area contributed by atoms with Gasteiger partial charge < -0.3 is 9.84 Å². The second-order valence-corrected chi connectivity index (χ2v) is 5.76. The molecule has 3 rings (SSSR count). The van der Waals surface area contributed by atoms with E-state index in [-0.39, 0.29) is 6.10 Å². The molecule has 1 heterocycles. The predicted molar refractivity (Wildman–Crippen MR) is 69.3 cm³/mol. The molecular formula is C13H16BrNO2. The summed E-state index contributed by atoms with van der Waals surface area (Å²) in [6.45, 7) is 1.59. The van der Waals surface area contributed by atoms with E-state index in [4.69, 9.17) is 4.74 Å². The first-order valence-electron chi connectivity index (χ1n) is 5.97. The van der Waals surface area contributed by atoms with Crippen molar-refractivity contribution in [1.82, 2.24) is 4.90 Å². The fourth-order valence-corrected chi connectivity index (χ4v) is 3.43. The van der Waals surface area contributed by atoms with Crippen LogP contribution in [0.1, 0.15) is 23.6 Å². The minimum Gasteiger partial charge on any atom is -0.496 e. The van der Waals surface area contributed by atoms with Crippen molar-refractivity contribution < 1.29 is 9.84 Å². The summed E-state index contributed by atoms with van der Waals surface area (Å²) >= 11 is 3.52. The van der Waals surface area contributed by atoms with Gasteiger partial charge in [-0.1, -0.05) is 15.9 Å².